The fourth-order valence-corrected chi connectivity index (χ4v) is 4.59. The summed E-state index contributed by atoms with van der Waals surface area (Å²) in [5.41, 5.74) is 2.03. The molecule has 172 valence electrons. The van der Waals surface area contributed by atoms with Crippen molar-refractivity contribution in [2.45, 2.75) is 25.2 Å². The van der Waals surface area contributed by atoms with Crippen molar-refractivity contribution in [3.05, 3.63) is 66.0 Å². The molecule has 34 heavy (non-hydrogen) atoms. The van der Waals surface area contributed by atoms with Crippen molar-refractivity contribution in [2.75, 3.05) is 18.6 Å². The predicted octanol–water partition coefficient (Wildman–Crippen LogP) is 4.43. The first kappa shape index (κ1) is 20.7. The van der Waals surface area contributed by atoms with Gasteiger partial charge in [-0.15, -0.1) is 5.10 Å². The fraction of sp³-hybridized carbons (Fsp3) is 0.320. The van der Waals surface area contributed by atoms with Gasteiger partial charge in [0.1, 0.15) is 17.3 Å². The zero-order valence-corrected chi connectivity index (χ0v) is 18.6. The number of aromatic amines is 1. The van der Waals surface area contributed by atoms with E-state index in [1.165, 1.54) is 6.07 Å². The number of nitrogens with one attached hydrogen (secondary N) is 1. The van der Waals surface area contributed by atoms with Crippen molar-refractivity contribution in [3.8, 4) is 5.75 Å². The first-order chi connectivity index (χ1) is 16.6. The monoisotopic (exact) mass is 458 g/mol. The number of ketones is 1. The molecule has 2 atom stereocenters. The minimum Gasteiger partial charge on any atom is -0.494 e. The summed E-state index contributed by atoms with van der Waals surface area (Å²) in [5, 5.41) is 15.3. The van der Waals surface area contributed by atoms with Crippen molar-refractivity contribution in [1.82, 2.24) is 25.6 Å². The molecule has 2 unspecified atom stereocenters. The molecule has 6 rings (SSSR count). The molecule has 2 aromatic heterocycles. The molecule has 2 aliphatic carbocycles. The van der Waals surface area contributed by atoms with Crippen molar-refractivity contribution in [1.29, 1.82) is 0 Å². The summed E-state index contributed by atoms with van der Waals surface area (Å²) in [7, 11) is 1.54. The van der Waals surface area contributed by atoms with E-state index >= 15 is 0 Å². The Kier molecular flexibility index (Phi) is 4.97. The molecule has 0 radical (unpaired) electrons. The topological polar surface area (TPSA) is 96.9 Å². The van der Waals surface area contributed by atoms with Gasteiger partial charge in [-0.3, -0.25) is 4.79 Å². The van der Waals surface area contributed by atoms with Gasteiger partial charge in [-0.25, -0.2) is 14.5 Å². The zero-order chi connectivity index (χ0) is 23.2. The number of benzene rings is 2. The Labute approximate surface area is 195 Å². The van der Waals surface area contributed by atoms with Crippen LogP contribution in [0.15, 0.2) is 48.7 Å². The van der Waals surface area contributed by atoms with E-state index in [4.69, 9.17) is 4.74 Å². The molecule has 0 spiro atoms. The van der Waals surface area contributed by atoms with E-state index in [1.807, 2.05) is 30.3 Å². The Hall–Kier alpha value is -3.88. The van der Waals surface area contributed by atoms with Gasteiger partial charge < -0.3 is 9.64 Å². The minimum atomic E-state index is -0.247. The molecule has 0 saturated heterocycles. The highest BCUT2D eigenvalue weighted by Crippen LogP contribution is 2.48. The summed E-state index contributed by atoms with van der Waals surface area (Å²) in [5.74, 6) is 1.05. The van der Waals surface area contributed by atoms with Crippen LogP contribution < -0.4 is 9.64 Å². The van der Waals surface area contributed by atoms with Gasteiger partial charge in [0.2, 0.25) is 0 Å². The van der Waals surface area contributed by atoms with Crippen LogP contribution in [0, 0.1) is 17.7 Å². The van der Waals surface area contributed by atoms with Gasteiger partial charge in [-0.1, -0.05) is 24.3 Å². The molecular formula is C25H23FN6O2. The average molecular weight is 458 g/mol. The molecule has 2 aliphatic rings. The molecular weight excluding hydrogens is 435 g/mol. The number of nitrogens with zero attached hydrogens (tertiary/aromatic N) is 5. The van der Waals surface area contributed by atoms with Crippen LogP contribution in [0.4, 0.5) is 15.8 Å². The summed E-state index contributed by atoms with van der Waals surface area (Å²) in [6.07, 6.45) is 4.72. The van der Waals surface area contributed by atoms with Crippen LogP contribution in [0.2, 0.25) is 0 Å². The van der Waals surface area contributed by atoms with Crippen LogP contribution >= 0.6 is 0 Å². The third-order valence-electron chi connectivity index (χ3n) is 6.72. The van der Waals surface area contributed by atoms with Crippen LogP contribution in [-0.4, -0.2) is 45.0 Å². The molecule has 1 N–H and O–H groups in total. The van der Waals surface area contributed by atoms with Gasteiger partial charge >= 0.3 is 0 Å². The molecule has 0 amide bonds. The summed E-state index contributed by atoms with van der Waals surface area (Å²) in [6.45, 7) is 0.789. The molecule has 4 aromatic rings. The molecule has 2 saturated carbocycles. The van der Waals surface area contributed by atoms with Crippen molar-refractivity contribution < 1.29 is 13.9 Å². The number of rotatable bonds is 8. The number of tetrazole rings is 1. The minimum absolute atomic E-state index is 0.0226. The number of fused-ring (bicyclic) bond motifs is 1. The number of carbonyl (C=O) groups excluding carboxylic acids is 1. The van der Waals surface area contributed by atoms with Crippen molar-refractivity contribution in [2.24, 2.45) is 11.8 Å². The Balaban J connectivity index is 1.36. The maximum atomic E-state index is 14.5. The number of pyridine rings is 1. The van der Waals surface area contributed by atoms with Gasteiger partial charge in [0.25, 0.3) is 0 Å². The first-order valence-electron chi connectivity index (χ1n) is 11.4. The van der Waals surface area contributed by atoms with Gasteiger partial charge in [-0.2, -0.15) is 0 Å². The van der Waals surface area contributed by atoms with Crippen LogP contribution in [0.1, 0.15) is 41.5 Å². The molecule has 0 aliphatic heterocycles. The van der Waals surface area contributed by atoms with Crippen LogP contribution in [0.5, 0.6) is 5.75 Å². The predicted molar refractivity (Wildman–Crippen MR) is 124 cm³/mol. The number of Topliss-reactive ketones (excluding diaryl/α,β-unsaturated/α-hetero) is 1. The lowest BCUT2D eigenvalue weighted by atomic mass is 10.1. The van der Waals surface area contributed by atoms with Gasteiger partial charge in [-0.05, 0) is 47.7 Å². The number of methoxy groups -OCH3 is 1. The van der Waals surface area contributed by atoms with E-state index in [0.29, 0.717) is 35.0 Å². The highest BCUT2D eigenvalue weighted by atomic mass is 19.1. The van der Waals surface area contributed by atoms with Crippen molar-refractivity contribution >= 4 is 27.9 Å². The lowest BCUT2D eigenvalue weighted by Crippen LogP contribution is -2.21. The van der Waals surface area contributed by atoms with Crippen LogP contribution in [0.25, 0.3) is 10.8 Å². The molecule has 8 nitrogen and oxygen atoms in total. The smallest absolute Gasteiger partial charge is 0.188 e. The fourth-order valence-electron chi connectivity index (χ4n) is 4.59. The Morgan fingerprint density at radius 2 is 2.03 bits per heavy atom. The number of hydrogen-bond acceptors (Lipinski definition) is 7. The zero-order valence-electron chi connectivity index (χ0n) is 18.6. The van der Waals surface area contributed by atoms with E-state index in [-0.39, 0.29) is 23.4 Å². The van der Waals surface area contributed by atoms with E-state index < -0.39 is 0 Å². The molecule has 9 heteroatoms. The summed E-state index contributed by atoms with van der Waals surface area (Å²) >= 11 is 0. The van der Waals surface area contributed by atoms with Crippen LogP contribution in [-0.2, 0) is 0 Å². The normalized spacial score (nSPS) is 19.2. The Bertz CT molecular complexity index is 1370. The molecule has 0 bridgehead atoms. The standard InChI is InChI=1S/C25H23FN6O2/c1-34-22-10-15(12-27-23(22)24(33)18-11-19(18)25-28-30-31-29-25)32(13-14-6-7-14)21-9-8-20(26)16-4-2-3-5-17(16)21/h2-5,8-10,12,14,18-19H,6-7,11,13H2,1H3,(H,28,29,30,31). The van der Waals surface area contributed by atoms with Gasteiger partial charge in [0.05, 0.1) is 19.0 Å². The Morgan fingerprint density at radius 1 is 1.21 bits per heavy atom. The maximum Gasteiger partial charge on any atom is 0.188 e. The van der Waals surface area contributed by atoms with Gasteiger partial charge in [0.15, 0.2) is 11.6 Å². The maximum absolute atomic E-state index is 14.5. The van der Waals surface area contributed by atoms with E-state index in [9.17, 15) is 9.18 Å². The summed E-state index contributed by atoms with van der Waals surface area (Å²) in [4.78, 5) is 19.9. The molecule has 2 aromatic carbocycles. The first-order valence-corrected chi connectivity index (χ1v) is 11.4. The second kappa shape index (κ2) is 8.16. The largest absolute Gasteiger partial charge is 0.494 e. The number of ether oxygens (including phenoxy) is 1. The van der Waals surface area contributed by atoms with Gasteiger partial charge in [0, 0.05) is 40.9 Å². The summed E-state index contributed by atoms with van der Waals surface area (Å²) < 4.78 is 20.1. The highest BCUT2D eigenvalue weighted by Gasteiger charge is 2.47. The number of anilines is 2. The number of H-pyrrole nitrogens is 1. The average Bonchev–Trinajstić information content (AvgIpc) is 3.80. The quantitative estimate of drug-likeness (QED) is 0.390. The molecule has 2 heterocycles. The Morgan fingerprint density at radius 3 is 2.76 bits per heavy atom. The van der Waals surface area contributed by atoms with E-state index in [2.05, 4.69) is 30.5 Å². The third-order valence-corrected chi connectivity index (χ3v) is 6.72. The number of halogens is 1. The number of hydrogen-bond donors (Lipinski definition) is 1. The summed E-state index contributed by atoms with van der Waals surface area (Å²) in [6, 6.07) is 12.6. The second-order valence-corrected chi connectivity index (χ2v) is 9.01. The SMILES string of the molecule is COc1cc(N(CC2CC2)c2ccc(F)c3ccccc23)cnc1C(=O)C1CC1c1nnn[nH]1. The number of carbonyl (C=O) groups is 1. The molecule has 2 fully saturated rings. The number of aromatic nitrogens is 5. The third kappa shape index (κ3) is 3.67. The van der Waals surface area contributed by atoms with Crippen LogP contribution in [0.3, 0.4) is 0 Å². The second-order valence-electron chi connectivity index (χ2n) is 9.01. The van der Waals surface area contributed by atoms with E-state index in [1.54, 1.807) is 19.4 Å². The van der Waals surface area contributed by atoms with E-state index in [0.717, 1.165) is 36.1 Å². The lowest BCUT2D eigenvalue weighted by Gasteiger charge is -2.27. The highest BCUT2D eigenvalue weighted by molar-refractivity contribution is 6.01. The van der Waals surface area contributed by atoms with Crippen molar-refractivity contribution in [3.63, 3.8) is 0 Å². The lowest BCUT2D eigenvalue weighted by molar-refractivity contribution is 0.0956.